The van der Waals surface area contributed by atoms with Gasteiger partial charge in [0.2, 0.25) is 0 Å². The van der Waals surface area contributed by atoms with Crippen molar-refractivity contribution in [1.82, 2.24) is 10.2 Å². The molecule has 4 nitrogen and oxygen atoms in total. The van der Waals surface area contributed by atoms with Gasteiger partial charge in [-0.25, -0.2) is 4.79 Å². The van der Waals surface area contributed by atoms with Crippen molar-refractivity contribution >= 4 is 6.03 Å². The van der Waals surface area contributed by atoms with E-state index in [1.807, 2.05) is 4.90 Å². The van der Waals surface area contributed by atoms with E-state index in [1.165, 1.54) is 12.8 Å². The van der Waals surface area contributed by atoms with Crippen LogP contribution in [0.4, 0.5) is 4.79 Å². The molecular weight excluding hydrogens is 264 g/mol. The second kappa shape index (κ2) is 9.29. The van der Waals surface area contributed by atoms with Gasteiger partial charge in [0, 0.05) is 25.7 Å². The highest BCUT2D eigenvalue weighted by Crippen LogP contribution is 2.21. The van der Waals surface area contributed by atoms with Gasteiger partial charge in [0.15, 0.2) is 0 Å². The lowest BCUT2D eigenvalue weighted by Gasteiger charge is -2.30. The van der Waals surface area contributed by atoms with Gasteiger partial charge in [-0.15, -0.1) is 0 Å². The first kappa shape index (κ1) is 18.3. The van der Waals surface area contributed by atoms with Gasteiger partial charge in [-0.2, -0.15) is 0 Å². The number of nitrogens with zero attached hydrogens (tertiary/aromatic N) is 1. The summed E-state index contributed by atoms with van der Waals surface area (Å²) in [6.07, 6.45) is 5.35. The van der Waals surface area contributed by atoms with Crippen molar-refractivity contribution in [2.24, 2.45) is 17.8 Å². The fourth-order valence-electron chi connectivity index (χ4n) is 3.29. The van der Waals surface area contributed by atoms with Crippen LogP contribution < -0.4 is 5.32 Å². The van der Waals surface area contributed by atoms with Gasteiger partial charge in [-0.05, 0) is 50.4 Å². The molecule has 0 aliphatic carbocycles. The number of aliphatic hydroxyl groups is 1. The molecule has 0 bridgehead atoms. The topological polar surface area (TPSA) is 52.6 Å². The maximum absolute atomic E-state index is 12.5. The van der Waals surface area contributed by atoms with E-state index in [0.29, 0.717) is 30.3 Å². The molecule has 4 heteroatoms. The van der Waals surface area contributed by atoms with Crippen molar-refractivity contribution in [3.8, 4) is 0 Å². The Labute approximate surface area is 130 Å². The summed E-state index contributed by atoms with van der Waals surface area (Å²) >= 11 is 0. The lowest BCUT2D eigenvalue weighted by molar-refractivity contribution is 0.169. The van der Waals surface area contributed by atoms with Crippen LogP contribution in [-0.2, 0) is 0 Å². The molecule has 3 atom stereocenters. The quantitative estimate of drug-likeness (QED) is 0.791. The molecule has 1 heterocycles. The minimum atomic E-state index is 0.0722. The number of carbonyl (C=O) groups is 1. The van der Waals surface area contributed by atoms with Crippen LogP contribution in [0.5, 0.6) is 0 Å². The van der Waals surface area contributed by atoms with Crippen LogP contribution in [-0.4, -0.2) is 41.8 Å². The molecule has 0 aromatic carbocycles. The third-order valence-corrected chi connectivity index (χ3v) is 4.50. The van der Waals surface area contributed by atoms with Crippen LogP contribution in [0.15, 0.2) is 0 Å². The molecule has 3 unspecified atom stereocenters. The number of amides is 2. The maximum atomic E-state index is 12.5. The average Bonchev–Trinajstić information content (AvgIpc) is 2.57. The van der Waals surface area contributed by atoms with Gasteiger partial charge in [0.1, 0.15) is 0 Å². The standard InChI is InChI=1S/C17H34N2O2/c1-13(2)10-16(8-9-20)11-18-17(21)19-12-14(3)6-5-7-15(19)4/h13-16,20H,5-12H2,1-4H3,(H,18,21). The molecule has 1 aliphatic rings. The van der Waals surface area contributed by atoms with E-state index >= 15 is 0 Å². The van der Waals surface area contributed by atoms with Crippen LogP contribution in [0.1, 0.15) is 59.8 Å². The monoisotopic (exact) mass is 298 g/mol. The fraction of sp³-hybridized carbons (Fsp3) is 0.941. The molecule has 0 saturated carbocycles. The first-order valence-electron chi connectivity index (χ1n) is 8.59. The van der Waals surface area contributed by atoms with Gasteiger partial charge in [0.25, 0.3) is 0 Å². The van der Waals surface area contributed by atoms with Crippen LogP contribution in [0.3, 0.4) is 0 Å². The average molecular weight is 298 g/mol. The Bertz CT molecular complexity index is 307. The van der Waals surface area contributed by atoms with Gasteiger partial charge in [0.05, 0.1) is 0 Å². The maximum Gasteiger partial charge on any atom is 0.317 e. The molecule has 0 aromatic rings. The summed E-state index contributed by atoms with van der Waals surface area (Å²) < 4.78 is 0. The zero-order valence-corrected chi connectivity index (χ0v) is 14.3. The van der Waals surface area contributed by atoms with Crippen LogP contribution in [0, 0.1) is 17.8 Å². The number of rotatable bonds is 6. The van der Waals surface area contributed by atoms with Gasteiger partial charge < -0.3 is 15.3 Å². The summed E-state index contributed by atoms with van der Waals surface area (Å²) in [6.45, 7) is 10.5. The summed E-state index contributed by atoms with van der Waals surface area (Å²) in [4.78, 5) is 14.5. The number of likely N-dealkylation sites (tertiary alicyclic amines) is 1. The molecule has 1 rings (SSSR count). The van der Waals surface area contributed by atoms with E-state index in [0.717, 1.165) is 25.8 Å². The van der Waals surface area contributed by atoms with Crippen molar-refractivity contribution in [2.75, 3.05) is 19.7 Å². The lowest BCUT2D eigenvalue weighted by atomic mass is 9.94. The molecule has 21 heavy (non-hydrogen) atoms. The second-order valence-electron chi connectivity index (χ2n) is 7.23. The van der Waals surface area contributed by atoms with Crippen LogP contribution in [0.2, 0.25) is 0 Å². The summed E-state index contributed by atoms with van der Waals surface area (Å²) in [5.74, 6) is 1.55. The molecule has 124 valence electrons. The van der Waals surface area contributed by atoms with Crippen LogP contribution >= 0.6 is 0 Å². The van der Waals surface area contributed by atoms with E-state index in [4.69, 9.17) is 5.11 Å². The molecule has 0 radical (unpaired) electrons. The Balaban J connectivity index is 2.49. The number of carbonyl (C=O) groups excluding carboxylic acids is 1. The van der Waals surface area contributed by atoms with E-state index < -0.39 is 0 Å². The Morgan fingerprint density at radius 3 is 2.67 bits per heavy atom. The highest BCUT2D eigenvalue weighted by Gasteiger charge is 2.25. The number of hydrogen-bond donors (Lipinski definition) is 2. The predicted molar refractivity (Wildman–Crippen MR) is 87.2 cm³/mol. The van der Waals surface area contributed by atoms with Crippen molar-refractivity contribution in [1.29, 1.82) is 0 Å². The normalized spacial score (nSPS) is 24.8. The summed E-state index contributed by atoms with van der Waals surface area (Å²) in [5, 5.41) is 12.3. The first-order valence-corrected chi connectivity index (χ1v) is 8.59. The number of nitrogens with one attached hydrogen (secondary N) is 1. The minimum Gasteiger partial charge on any atom is -0.396 e. The van der Waals surface area contributed by atoms with Gasteiger partial charge >= 0.3 is 6.03 Å². The fourth-order valence-corrected chi connectivity index (χ4v) is 3.29. The summed E-state index contributed by atoms with van der Waals surface area (Å²) in [7, 11) is 0. The number of aliphatic hydroxyl groups excluding tert-OH is 1. The SMILES string of the molecule is CC(C)CC(CCO)CNC(=O)N1CC(C)CCCC1C. The van der Waals surface area contributed by atoms with Crippen LogP contribution in [0.25, 0.3) is 0 Å². The lowest BCUT2D eigenvalue weighted by Crippen LogP contribution is -2.47. The number of urea groups is 1. The van der Waals surface area contributed by atoms with Crippen molar-refractivity contribution in [2.45, 2.75) is 65.8 Å². The highest BCUT2D eigenvalue weighted by molar-refractivity contribution is 5.74. The molecule has 1 fully saturated rings. The van der Waals surface area contributed by atoms with E-state index in [-0.39, 0.29) is 12.6 Å². The zero-order valence-electron chi connectivity index (χ0n) is 14.3. The molecule has 0 aromatic heterocycles. The Morgan fingerprint density at radius 1 is 1.33 bits per heavy atom. The molecule has 0 spiro atoms. The summed E-state index contributed by atoms with van der Waals surface area (Å²) in [5.41, 5.74) is 0. The highest BCUT2D eigenvalue weighted by atomic mass is 16.3. The Morgan fingerprint density at radius 2 is 2.05 bits per heavy atom. The minimum absolute atomic E-state index is 0.0722. The predicted octanol–water partition coefficient (Wildman–Crippen LogP) is 3.25. The number of hydrogen-bond acceptors (Lipinski definition) is 2. The molecule has 2 amide bonds. The third kappa shape index (κ3) is 6.68. The molecule has 2 N–H and O–H groups in total. The van der Waals surface area contributed by atoms with Crippen molar-refractivity contribution in [3.63, 3.8) is 0 Å². The van der Waals surface area contributed by atoms with Crippen molar-refractivity contribution in [3.05, 3.63) is 0 Å². The van der Waals surface area contributed by atoms with E-state index in [2.05, 4.69) is 33.0 Å². The third-order valence-electron chi connectivity index (χ3n) is 4.50. The molecule has 1 saturated heterocycles. The van der Waals surface area contributed by atoms with E-state index in [9.17, 15) is 4.79 Å². The Kier molecular flexibility index (Phi) is 8.09. The first-order chi connectivity index (χ1) is 9.93. The van der Waals surface area contributed by atoms with Crippen molar-refractivity contribution < 1.29 is 9.90 Å². The van der Waals surface area contributed by atoms with Gasteiger partial charge in [-0.1, -0.05) is 27.2 Å². The van der Waals surface area contributed by atoms with E-state index in [1.54, 1.807) is 0 Å². The summed E-state index contributed by atoms with van der Waals surface area (Å²) in [6, 6.07) is 0.402. The van der Waals surface area contributed by atoms with Gasteiger partial charge in [-0.3, -0.25) is 0 Å². The zero-order chi connectivity index (χ0) is 15.8. The second-order valence-corrected chi connectivity index (χ2v) is 7.23. The molecular formula is C17H34N2O2. The Hall–Kier alpha value is -0.770. The largest absolute Gasteiger partial charge is 0.396 e. The smallest absolute Gasteiger partial charge is 0.317 e. The molecule has 1 aliphatic heterocycles.